The Labute approximate surface area is 139 Å². The van der Waals surface area contributed by atoms with Gasteiger partial charge in [-0.25, -0.2) is 0 Å². The number of nitrogens with zero attached hydrogens (tertiary/aromatic N) is 1. The number of carbonyl (C=O) groups excluding carboxylic acids is 1. The van der Waals surface area contributed by atoms with Gasteiger partial charge in [-0.1, -0.05) is 25.1 Å². The van der Waals surface area contributed by atoms with E-state index in [-0.39, 0.29) is 24.4 Å². The maximum Gasteiger partial charge on any atom is 0.226 e. The topological polar surface area (TPSA) is 32.3 Å². The molecule has 0 aromatic heterocycles. The van der Waals surface area contributed by atoms with Gasteiger partial charge in [-0.05, 0) is 62.4 Å². The van der Waals surface area contributed by atoms with Crippen LogP contribution in [0, 0.1) is 25.7 Å². The van der Waals surface area contributed by atoms with Crippen molar-refractivity contribution in [3.8, 4) is 0 Å². The molecule has 1 N–H and O–H groups in total. The Morgan fingerprint density at radius 3 is 2.59 bits per heavy atom. The second-order valence-electron chi connectivity index (χ2n) is 6.74. The molecule has 2 aliphatic rings. The van der Waals surface area contributed by atoms with E-state index in [4.69, 9.17) is 0 Å². The van der Waals surface area contributed by atoms with Crippen molar-refractivity contribution in [1.82, 2.24) is 10.2 Å². The van der Waals surface area contributed by atoms with Crippen LogP contribution in [0.4, 0.5) is 0 Å². The van der Waals surface area contributed by atoms with Crippen LogP contribution < -0.4 is 5.32 Å². The van der Waals surface area contributed by atoms with Gasteiger partial charge in [0.2, 0.25) is 5.91 Å². The van der Waals surface area contributed by atoms with Crippen LogP contribution in [0.25, 0.3) is 0 Å². The third-order valence-electron chi connectivity index (χ3n) is 5.36. The highest BCUT2D eigenvalue weighted by atomic mass is 35.5. The highest BCUT2D eigenvalue weighted by Crippen LogP contribution is 2.35. The minimum absolute atomic E-state index is 0. The van der Waals surface area contributed by atoms with Crippen molar-refractivity contribution < 1.29 is 4.79 Å². The number of aryl methyl sites for hydroxylation is 2. The maximum atomic E-state index is 12.8. The van der Waals surface area contributed by atoms with Gasteiger partial charge in [0.05, 0.1) is 6.04 Å². The molecule has 1 aromatic carbocycles. The van der Waals surface area contributed by atoms with Crippen molar-refractivity contribution >= 4 is 18.3 Å². The van der Waals surface area contributed by atoms with Gasteiger partial charge in [0, 0.05) is 12.5 Å². The first kappa shape index (κ1) is 17.3. The number of likely N-dealkylation sites (tertiary alicyclic amines) is 1. The van der Waals surface area contributed by atoms with Gasteiger partial charge in [0.25, 0.3) is 0 Å². The first-order chi connectivity index (χ1) is 10.1. The fraction of sp³-hybridized carbons (Fsp3) is 0.611. The Hall–Kier alpha value is -1.06. The third-order valence-corrected chi connectivity index (χ3v) is 5.36. The molecular weight excluding hydrogens is 296 g/mol. The molecule has 122 valence electrons. The summed E-state index contributed by atoms with van der Waals surface area (Å²) in [7, 11) is 0. The largest absolute Gasteiger partial charge is 0.335 e. The molecule has 2 fully saturated rings. The highest BCUT2D eigenvalue weighted by Gasteiger charge is 2.36. The third kappa shape index (κ3) is 3.16. The van der Waals surface area contributed by atoms with E-state index >= 15 is 0 Å². The van der Waals surface area contributed by atoms with E-state index in [0.29, 0.717) is 11.8 Å². The van der Waals surface area contributed by atoms with Crippen LogP contribution in [0.5, 0.6) is 0 Å². The van der Waals surface area contributed by atoms with E-state index in [1.807, 2.05) is 0 Å². The summed E-state index contributed by atoms with van der Waals surface area (Å²) in [5, 5.41) is 3.27. The summed E-state index contributed by atoms with van der Waals surface area (Å²) in [5.41, 5.74) is 3.95. The number of nitrogens with one attached hydrogen (secondary N) is 1. The molecule has 0 aliphatic carbocycles. The summed E-state index contributed by atoms with van der Waals surface area (Å²) in [4.78, 5) is 14.9. The summed E-state index contributed by atoms with van der Waals surface area (Å²) in [5.74, 6) is 1.03. The van der Waals surface area contributed by atoms with Crippen LogP contribution in [0.1, 0.15) is 42.5 Å². The predicted octanol–water partition coefficient (Wildman–Crippen LogP) is 3.24. The number of carbonyl (C=O) groups is 1. The monoisotopic (exact) mass is 322 g/mol. The number of halogens is 1. The number of rotatable bonds is 3. The molecule has 2 aliphatic heterocycles. The smallest absolute Gasteiger partial charge is 0.226 e. The summed E-state index contributed by atoms with van der Waals surface area (Å²) < 4.78 is 0. The molecule has 22 heavy (non-hydrogen) atoms. The zero-order valence-electron chi connectivity index (χ0n) is 13.8. The first-order valence-corrected chi connectivity index (χ1v) is 8.16. The van der Waals surface area contributed by atoms with Crippen LogP contribution in [-0.2, 0) is 4.79 Å². The van der Waals surface area contributed by atoms with Gasteiger partial charge in [0.15, 0.2) is 0 Å². The second-order valence-corrected chi connectivity index (χ2v) is 6.74. The van der Waals surface area contributed by atoms with E-state index < -0.39 is 0 Å². The molecule has 0 bridgehead atoms. The van der Waals surface area contributed by atoms with Crippen molar-refractivity contribution in [2.75, 3.05) is 19.6 Å². The molecule has 0 spiro atoms. The zero-order valence-corrected chi connectivity index (χ0v) is 14.6. The van der Waals surface area contributed by atoms with Crippen molar-refractivity contribution in [2.45, 2.75) is 39.7 Å². The van der Waals surface area contributed by atoms with Crippen LogP contribution in [-0.4, -0.2) is 30.4 Å². The predicted molar refractivity (Wildman–Crippen MR) is 92.4 cm³/mol. The lowest BCUT2D eigenvalue weighted by Gasteiger charge is -2.36. The van der Waals surface area contributed by atoms with Crippen LogP contribution in [0.3, 0.4) is 0 Å². The van der Waals surface area contributed by atoms with Crippen molar-refractivity contribution in [1.29, 1.82) is 0 Å². The number of hydrogen-bond acceptors (Lipinski definition) is 2. The SMILES string of the molecule is Cc1ccc(C2CCCN2C(=O)C(C)C2CNC2)cc1C.Cl. The second kappa shape index (κ2) is 7.01. The van der Waals surface area contributed by atoms with E-state index in [0.717, 1.165) is 32.5 Å². The Morgan fingerprint density at radius 2 is 2.00 bits per heavy atom. The Balaban J connectivity index is 0.00000176. The van der Waals surface area contributed by atoms with Gasteiger partial charge < -0.3 is 10.2 Å². The van der Waals surface area contributed by atoms with Crippen LogP contribution in [0.2, 0.25) is 0 Å². The average molecular weight is 323 g/mol. The molecule has 2 unspecified atom stereocenters. The molecule has 0 radical (unpaired) electrons. The Bertz CT molecular complexity index is 542. The van der Waals surface area contributed by atoms with Crippen molar-refractivity contribution in [2.24, 2.45) is 11.8 Å². The molecular formula is C18H27ClN2O. The van der Waals surface area contributed by atoms with E-state index in [2.05, 4.69) is 49.2 Å². The van der Waals surface area contributed by atoms with E-state index in [9.17, 15) is 4.79 Å². The fourth-order valence-corrected chi connectivity index (χ4v) is 3.48. The molecule has 0 saturated carbocycles. The van der Waals surface area contributed by atoms with Gasteiger partial charge in [-0.2, -0.15) is 0 Å². The minimum atomic E-state index is 0. The average Bonchev–Trinajstić information content (AvgIpc) is 2.88. The molecule has 1 amide bonds. The lowest BCUT2D eigenvalue weighted by molar-refractivity contribution is -0.138. The van der Waals surface area contributed by atoms with E-state index in [1.54, 1.807) is 0 Å². The van der Waals surface area contributed by atoms with E-state index in [1.165, 1.54) is 16.7 Å². The molecule has 3 rings (SSSR count). The van der Waals surface area contributed by atoms with Gasteiger partial charge in [-0.15, -0.1) is 12.4 Å². The van der Waals surface area contributed by atoms with Crippen LogP contribution in [0.15, 0.2) is 18.2 Å². The van der Waals surface area contributed by atoms with Gasteiger partial charge in [-0.3, -0.25) is 4.79 Å². The molecule has 4 heteroatoms. The molecule has 2 heterocycles. The van der Waals surface area contributed by atoms with Crippen molar-refractivity contribution in [3.63, 3.8) is 0 Å². The quantitative estimate of drug-likeness (QED) is 0.926. The molecule has 3 nitrogen and oxygen atoms in total. The first-order valence-electron chi connectivity index (χ1n) is 8.16. The number of hydrogen-bond donors (Lipinski definition) is 1. The number of benzene rings is 1. The lowest BCUT2D eigenvalue weighted by atomic mass is 9.87. The van der Waals surface area contributed by atoms with Gasteiger partial charge in [0.1, 0.15) is 0 Å². The Kier molecular flexibility index (Phi) is 5.51. The zero-order chi connectivity index (χ0) is 15.0. The summed E-state index contributed by atoms with van der Waals surface area (Å²) in [6.07, 6.45) is 2.23. The normalized spacial score (nSPS) is 22.9. The van der Waals surface area contributed by atoms with Crippen LogP contribution >= 0.6 is 12.4 Å². The molecule has 1 aromatic rings. The highest BCUT2D eigenvalue weighted by molar-refractivity contribution is 5.85. The summed E-state index contributed by atoms with van der Waals surface area (Å²) in [6, 6.07) is 6.94. The molecule has 2 saturated heterocycles. The fourth-order valence-electron chi connectivity index (χ4n) is 3.48. The minimum Gasteiger partial charge on any atom is -0.335 e. The van der Waals surface area contributed by atoms with Gasteiger partial charge >= 0.3 is 0 Å². The molecule has 2 atom stereocenters. The Morgan fingerprint density at radius 1 is 1.27 bits per heavy atom. The maximum absolute atomic E-state index is 12.8. The number of amides is 1. The lowest BCUT2D eigenvalue weighted by Crippen LogP contribution is -2.50. The van der Waals surface area contributed by atoms with Crippen molar-refractivity contribution in [3.05, 3.63) is 34.9 Å². The standard InChI is InChI=1S/C18H26N2O.ClH/c1-12-6-7-15(9-13(12)2)17-5-4-8-20(17)18(21)14(3)16-10-19-11-16;/h6-7,9,14,16-17,19H,4-5,8,10-11H2,1-3H3;1H. The summed E-state index contributed by atoms with van der Waals surface area (Å²) in [6.45, 7) is 9.31. The summed E-state index contributed by atoms with van der Waals surface area (Å²) >= 11 is 0.